The van der Waals surface area contributed by atoms with Crippen molar-refractivity contribution in [3.8, 4) is 0 Å². The molecule has 2 N–H and O–H groups in total. The second-order valence-corrected chi connectivity index (χ2v) is 3.86. The predicted molar refractivity (Wildman–Crippen MR) is 60.9 cm³/mol. The molecule has 0 spiro atoms. The molecule has 0 aliphatic carbocycles. The highest BCUT2D eigenvalue weighted by Gasteiger charge is 2.24. The van der Waals surface area contributed by atoms with Crippen molar-refractivity contribution >= 4 is 6.09 Å². The lowest BCUT2D eigenvalue weighted by Crippen LogP contribution is -2.43. The molecule has 4 nitrogen and oxygen atoms in total. The number of hydrogen-bond acceptors (Lipinski definition) is 3. The molecular weight excluding hydrogens is 204 g/mol. The van der Waals surface area contributed by atoms with E-state index >= 15 is 0 Å². The predicted octanol–water partition coefficient (Wildman–Crippen LogP) is 1.53. The van der Waals surface area contributed by atoms with Gasteiger partial charge in [0.2, 0.25) is 0 Å². The van der Waals surface area contributed by atoms with Gasteiger partial charge in [-0.3, -0.25) is 0 Å². The fourth-order valence-corrected chi connectivity index (χ4v) is 1.61. The lowest BCUT2D eigenvalue weighted by Gasteiger charge is -2.31. The Bertz CT molecular complexity index is 349. The van der Waals surface area contributed by atoms with Crippen LogP contribution in [0.4, 0.5) is 4.79 Å². The fraction of sp³-hybridized carbons (Fsp3) is 0.417. The Morgan fingerprint density at radius 1 is 1.38 bits per heavy atom. The maximum Gasteiger partial charge on any atom is 0.410 e. The zero-order chi connectivity index (χ0) is 11.4. The number of carbonyl (C=O) groups is 1. The molecule has 1 fully saturated rings. The second-order valence-electron chi connectivity index (χ2n) is 3.86. The monoisotopic (exact) mass is 220 g/mol. The molecule has 1 aromatic rings. The number of rotatable bonds is 3. The van der Waals surface area contributed by atoms with E-state index in [-0.39, 0.29) is 12.2 Å². The largest absolute Gasteiger partial charge is 0.440 e. The molecule has 1 unspecified atom stereocenters. The van der Waals surface area contributed by atoms with E-state index in [4.69, 9.17) is 10.5 Å². The molecule has 0 radical (unpaired) electrons. The molecule has 1 aliphatic heterocycles. The average Bonchev–Trinajstić information content (AvgIpc) is 2.24. The molecule has 1 saturated heterocycles. The van der Waals surface area contributed by atoms with Gasteiger partial charge in [0.05, 0.1) is 0 Å². The van der Waals surface area contributed by atoms with Crippen LogP contribution in [0.5, 0.6) is 0 Å². The maximum absolute atomic E-state index is 11.6. The van der Waals surface area contributed by atoms with Gasteiger partial charge in [0, 0.05) is 19.6 Å². The lowest BCUT2D eigenvalue weighted by molar-refractivity contribution is 0.0489. The third-order valence-electron chi connectivity index (χ3n) is 2.74. The van der Waals surface area contributed by atoms with Gasteiger partial charge < -0.3 is 15.4 Å². The number of nitrogens with two attached hydrogens (primary N) is 1. The van der Waals surface area contributed by atoms with Gasteiger partial charge in [0.25, 0.3) is 0 Å². The van der Waals surface area contributed by atoms with Crippen LogP contribution >= 0.6 is 0 Å². The van der Waals surface area contributed by atoms with E-state index in [1.165, 1.54) is 0 Å². The van der Waals surface area contributed by atoms with Crippen LogP contribution in [0.15, 0.2) is 30.3 Å². The Hall–Kier alpha value is -1.55. The number of ether oxygens (including phenoxy) is 1. The Kier molecular flexibility index (Phi) is 3.41. The standard InChI is InChI=1S/C12H16N2O2/c13-9-11(10-5-2-1-3-6-10)16-12(15)14-7-4-8-14/h1-3,5-6,11H,4,7-9,13H2. The molecule has 1 heterocycles. The molecule has 0 bridgehead atoms. The average molecular weight is 220 g/mol. The molecule has 2 rings (SSSR count). The van der Waals surface area contributed by atoms with E-state index < -0.39 is 0 Å². The van der Waals surface area contributed by atoms with Crippen molar-refractivity contribution in [3.63, 3.8) is 0 Å². The van der Waals surface area contributed by atoms with Gasteiger partial charge in [-0.1, -0.05) is 30.3 Å². The smallest absolute Gasteiger partial charge is 0.410 e. The highest BCUT2D eigenvalue weighted by Crippen LogP contribution is 2.18. The highest BCUT2D eigenvalue weighted by atomic mass is 16.6. The third kappa shape index (κ3) is 2.33. The first kappa shape index (κ1) is 11.0. The maximum atomic E-state index is 11.6. The number of hydrogen-bond donors (Lipinski definition) is 1. The van der Waals surface area contributed by atoms with Crippen LogP contribution < -0.4 is 5.73 Å². The SMILES string of the molecule is NCC(OC(=O)N1CCC1)c1ccccc1. The third-order valence-corrected chi connectivity index (χ3v) is 2.74. The zero-order valence-electron chi connectivity index (χ0n) is 9.13. The molecule has 0 aromatic heterocycles. The molecule has 86 valence electrons. The van der Waals surface area contributed by atoms with Gasteiger partial charge in [0.15, 0.2) is 0 Å². The van der Waals surface area contributed by atoms with Crippen molar-refractivity contribution in [1.82, 2.24) is 4.90 Å². The van der Waals surface area contributed by atoms with Crippen LogP contribution in [-0.4, -0.2) is 30.6 Å². The van der Waals surface area contributed by atoms with Gasteiger partial charge in [0.1, 0.15) is 6.10 Å². The van der Waals surface area contributed by atoms with Crippen molar-refractivity contribution in [2.45, 2.75) is 12.5 Å². The van der Waals surface area contributed by atoms with Crippen molar-refractivity contribution < 1.29 is 9.53 Å². The van der Waals surface area contributed by atoms with Gasteiger partial charge in [-0.25, -0.2) is 4.79 Å². The van der Waals surface area contributed by atoms with E-state index in [9.17, 15) is 4.79 Å². The van der Waals surface area contributed by atoms with Crippen molar-refractivity contribution in [3.05, 3.63) is 35.9 Å². The highest BCUT2D eigenvalue weighted by molar-refractivity contribution is 5.68. The molecule has 1 amide bonds. The number of carbonyl (C=O) groups excluding carboxylic acids is 1. The molecule has 1 aromatic carbocycles. The van der Waals surface area contributed by atoms with Crippen molar-refractivity contribution in [2.24, 2.45) is 5.73 Å². The van der Waals surface area contributed by atoms with Crippen LogP contribution in [0, 0.1) is 0 Å². The summed E-state index contributed by atoms with van der Waals surface area (Å²) in [5.41, 5.74) is 6.56. The first-order valence-electron chi connectivity index (χ1n) is 5.52. The van der Waals surface area contributed by atoms with Gasteiger partial charge in [-0.05, 0) is 12.0 Å². The van der Waals surface area contributed by atoms with Crippen LogP contribution in [-0.2, 0) is 4.74 Å². The molecule has 4 heteroatoms. The minimum atomic E-state index is -0.339. The number of likely N-dealkylation sites (tertiary alicyclic amines) is 1. The molecule has 1 aliphatic rings. The lowest BCUT2D eigenvalue weighted by atomic mass is 10.1. The summed E-state index contributed by atoms with van der Waals surface area (Å²) in [6.07, 6.45) is 0.466. The summed E-state index contributed by atoms with van der Waals surface area (Å²) in [6.45, 7) is 1.90. The summed E-state index contributed by atoms with van der Waals surface area (Å²) in [6, 6.07) is 9.58. The molecule has 1 atom stereocenters. The minimum Gasteiger partial charge on any atom is -0.440 e. The van der Waals surface area contributed by atoms with Crippen molar-refractivity contribution in [1.29, 1.82) is 0 Å². The van der Waals surface area contributed by atoms with Crippen molar-refractivity contribution in [2.75, 3.05) is 19.6 Å². The van der Waals surface area contributed by atoms with E-state index in [1.54, 1.807) is 4.90 Å². The van der Waals surface area contributed by atoms with Gasteiger partial charge in [-0.2, -0.15) is 0 Å². The second kappa shape index (κ2) is 4.99. The topological polar surface area (TPSA) is 55.6 Å². The van der Waals surface area contributed by atoms with E-state index in [0.717, 1.165) is 25.1 Å². The quantitative estimate of drug-likeness (QED) is 0.840. The molecule has 0 saturated carbocycles. The first-order valence-corrected chi connectivity index (χ1v) is 5.52. The Morgan fingerprint density at radius 2 is 2.06 bits per heavy atom. The number of nitrogens with zero attached hydrogens (tertiary/aromatic N) is 1. The fourth-order valence-electron chi connectivity index (χ4n) is 1.61. The van der Waals surface area contributed by atoms with Crippen LogP contribution in [0.2, 0.25) is 0 Å². The summed E-state index contributed by atoms with van der Waals surface area (Å²) in [4.78, 5) is 13.3. The summed E-state index contributed by atoms with van der Waals surface area (Å²) in [5.74, 6) is 0. The molecule has 16 heavy (non-hydrogen) atoms. The summed E-state index contributed by atoms with van der Waals surface area (Å²) >= 11 is 0. The number of amides is 1. The summed E-state index contributed by atoms with van der Waals surface area (Å²) in [7, 11) is 0. The van der Waals surface area contributed by atoms with E-state index in [1.807, 2.05) is 30.3 Å². The Balaban J connectivity index is 1.97. The zero-order valence-corrected chi connectivity index (χ0v) is 9.13. The molecular formula is C12H16N2O2. The van der Waals surface area contributed by atoms with Gasteiger partial charge >= 0.3 is 6.09 Å². The summed E-state index contributed by atoms with van der Waals surface area (Å²) in [5, 5.41) is 0. The van der Waals surface area contributed by atoms with Gasteiger partial charge in [-0.15, -0.1) is 0 Å². The Labute approximate surface area is 95.0 Å². The minimum absolute atomic E-state index is 0.259. The van der Waals surface area contributed by atoms with Crippen LogP contribution in [0.3, 0.4) is 0 Å². The van der Waals surface area contributed by atoms with Crippen LogP contribution in [0.25, 0.3) is 0 Å². The number of benzene rings is 1. The van der Waals surface area contributed by atoms with E-state index in [0.29, 0.717) is 6.54 Å². The normalized spacial score (nSPS) is 16.4. The first-order chi connectivity index (χ1) is 7.81. The summed E-state index contributed by atoms with van der Waals surface area (Å²) < 4.78 is 5.35. The Morgan fingerprint density at radius 3 is 2.56 bits per heavy atom. The van der Waals surface area contributed by atoms with Crippen LogP contribution in [0.1, 0.15) is 18.1 Å². The van der Waals surface area contributed by atoms with E-state index in [2.05, 4.69) is 0 Å².